The summed E-state index contributed by atoms with van der Waals surface area (Å²) >= 11 is 1.14. The highest BCUT2D eigenvalue weighted by molar-refractivity contribution is 7.93. The van der Waals surface area contributed by atoms with Crippen LogP contribution in [0.4, 0.5) is 0 Å². The fraction of sp³-hybridized carbons (Fsp3) is 0.318. The van der Waals surface area contributed by atoms with Crippen molar-refractivity contribution in [3.8, 4) is 0 Å². The highest BCUT2D eigenvalue weighted by Gasteiger charge is 2.37. The first-order valence-corrected chi connectivity index (χ1v) is 11.8. The Morgan fingerprint density at radius 3 is 2.55 bits per heavy atom. The summed E-state index contributed by atoms with van der Waals surface area (Å²) in [4.78, 5) is 16.2. The summed E-state index contributed by atoms with van der Waals surface area (Å²) in [6, 6.07) is 9.70. The summed E-state index contributed by atoms with van der Waals surface area (Å²) in [7, 11) is -3.77. The lowest BCUT2D eigenvalue weighted by atomic mass is 9.75. The number of hydrogen-bond acceptors (Lipinski definition) is 5. The van der Waals surface area contributed by atoms with Crippen LogP contribution in [0, 0.1) is 12.3 Å². The molecule has 29 heavy (non-hydrogen) atoms. The number of aliphatic hydroxyl groups excluding tert-OH is 1. The first-order valence-electron chi connectivity index (χ1n) is 9.42. The third kappa shape index (κ3) is 3.37. The minimum absolute atomic E-state index is 0.0201. The standard InChI is InChI=1S/C22H23NO4S2/c1-13-19(20-15(23-13)11-22(2,3)12-16(20)24)21(25)14-7-4-5-8-17(14)29(26,27)18-9-6-10-28-18/h4-10,21,23,25H,11-12H2,1-3H3. The number of aliphatic hydroxyl groups is 1. The number of H-pyrrole nitrogens is 1. The van der Waals surface area contributed by atoms with Crippen LogP contribution < -0.4 is 0 Å². The number of nitrogens with one attached hydrogen (secondary N) is 1. The second-order valence-electron chi connectivity index (χ2n) is 8.33. The molecule has 0 saturated heterocycles. The first-order chi connectivity index (χ1) is 13.6. The van der Waals surface area contributed by atoms with Crippen LogP contribution in [-0.2, 0) is 16.3 Å². The number of aromatic amines is 1. The molecule has 1 atom stereocenters. The molecule has 1 unspecified atom stereocenters. The summed E-state index contributed by atoms with van der Waals surface area (Å²) in [6.45, 7) is 5.90. The molecule has 7 heteroatoms. The van der Waals surface area contributed by atoms with Gasteiger partial charge in [-0.05, 0) is 36.3 Å². The van der Waals surface area contributed by atoms with E-state index in [1.54, 1.807) is 35.7 Å². The van der Waals surface area contributed by atoms with Gasteiger partial charge in [0.15, 0.2) is 5.78 Å². The molecule has 0 aliphatic heterocycles. The second-order valence-corrected chi connectivity index (χ2v) is 11.4. The van der Waals surface area contributed by atoms with E-state index in [4.69, 9.17) is 0 Å². The van der Waals surface area contributed by atoms with Crippen molar-refractivity contribution in [2.24, 2.45) is 5.41 Å². The second kappa shape index (κ2) is 6.93. The van der Waals surface area contributed by atoms with Crippen LogP contribution in [0.2, 0.25) is 0 Å². The number of rotatable bonds is 4. The molecule has 0 amide bonds. The van der Waals surface area contributed by atoms with Crippen LogP contribution in [-0.4, -0.2) is 24.3 Å². The molecule has 0 radical (unpaired) electrons. The van der Waals surface area contributed by atoms with E-state index in [9.17, 15) is 18.3 Å². The number of Topliss-reactive ketones (excluding diaryl/α,β-unsaturated/α-hetero) is 1. The van der Waals surface area contributed by atoms with E-state index in [0.29, 0.717) is 29.7 Å². The number of benzene rings is 1. The van der Waals surface area contributed by atoms with E-state index in [1.807, 2.05) is 20.8 Å². The third-order valence-electron chi connectivity index (χ3n) is 5.42. The molecule has 1 aliphatic rings. The minimum atomic E-state index is -3.77. The predicted molar refractivity (Wildman–Crippen MR) is 112 cm³/mol. The van der Waals surface area contributed by atoms with Gasteiger partial charge < -0.3 is 10.1 Å². The Kier molecular flexibility index (Phi) is 4.80. The summed E-state index contributed by atoms with van der Waals surface area (Å²) in [6.07, 6.45) is -0.116. The van der Waals surface area contributed by atoms with Gasteiger partial charge in [0.2, 0.25) is 9.84 Å². The van der Waals surface area contributed by atoms with Gasteiger partial charge in [-0.15, -0.1) is 11.3 Å². The Morgan fingerprint density at radius 1 is 1.14 bits per heavy atom. The quantitative estimate of drug-likeness (QED) is 0.641. The largest absolute Gasteiger partial charge is 0.384 e. The minimum Gasteiger partial charge on any atom is -0.384 e. The highest BCUT2D eigenvalue weighted by atomic mass is 32.2. The van der Waals surface area contributed by atoms with E-state index in [0.717, 1.165) is 17.0 Å². The maximum absolute atomic E-state index is 13.1. The van der Waals surface area contributed by atoms with Crippen LogP contribution in [0.25, 0.3) is 0 Å². The number of aryl methyl sites for hydroxylation is 1. The fourth-order valence-electron chi connectivity index (χ4n) is 4.19. The molecule has 4 rings (SSSR count). The molecule has 1 aromatic carbocycles. The lowest BCUT2D eigenvalue weighted by Gasteiger charge is -2.29. The molecule has 2 aromatic heterocycles. The van der Waals surface area contributed by atoms with Crippen LogP contribution in [0.15, 0.2) is 50.9 Å². The van der Waals surface area contributed by atoms with Crippen LogP contribution in [0.3, 0.4) is 0 Å². The maximum Gasteiger partial charge on any atom is 0.216 e. The summed E-state index contributed by atoms with van der Waals surface area (Å²) in [5, 5.41) is 13.0. The van der Waals surface area contributed by atoms with E-state index < -0.39 is 15.9 Å². The summed E-state index contributed by atoms with van der Waals surface area (Å²) < 4.78 is 26.5. The van der Waals surface area contributed by atoms with Gasteiger partial charge in [0.1, 0.15) is 10.3 Å². The van der Waals surface area contributed by atoms with E-state index in [2.05, 4.69) is 4.98 Å². The normalized spacial score (nSPS) is 17.2. The van der Waals surface area contributed by atoms with Gasteiger partial charge >= 0.3 is 0 Å². The molecule has 0 saturated carbocycles. The Hall–Kier alpha value is -2.22. The number of carbonyl (C=O) groups excluding carboxylic acids is 1. The van der Waals surface area contributed by atoms with Crippen molar-refractivity contribution in [3.63, 3.8) is 0 Å². The number of thiophene rings is 1. The van der Waals surface area contributed by atoms with Crippen molar-refractivity contribution >= 4 is 27.0 Å². The molecular formula is C22H23NO4S2. The average Bonchev–Trinajstić information content (AvgIpc) is 3.28. The SMILES string of the molecule is Cc1[nH]c2c(c1C(O)c1ccccc1S(=O)(=O)c1cccs1)C(=O)CC(C)(C)C2. The Balaban J connectivity index is 1.86. The Morgan fingerprint density at radius 2 is 1.86 bits per heavy atom. The third-order valence-corrected chi connectivity index (χ3v) is 8.65. The number of ketones is 1. The average molecular weight is 430 g/mol. The molecule has 3 aromatic rings. The van der Waals surface area contributed by atoms with Crippen LogP contribution in [0.1, 0.15) is 59.2 Å². The van der Waals surface area contributed by atoms with Gasteiger partial charge in [-0.25, -0.2) is 8.42 Å². The topological polar surface area (TPSA) is 87.2 Å². The lowest BCUT2D eigenvalue weighted by molar-refractivity contribution is 0.0906. The van der Waals surface area contributed by atoms with Crippen LogP contribution in [0.5, 0.6) is 0 Å². The molecule has 152 valence electrons. The molecule has 0 spiro atoms. The smallest absolute Gasteiger partial charge is 0.216 e. The Labute approximate surface area is 174 Å². The van der Waals surface area contributed by atoms with Gasteiger partial charge in [-0.2, -0.15) is 0 Å². The predicted octanol–water partition coefficient (Wildman–Crippen LogP) is 4.45. The zero-order chi connectivity index (χ0) is 21.0. The summed E-state index contributed by atoms with van der Waals surface area (Å²) in [5.41, 5.74) is 2.63. The number of fused-ring (bicyclic) bond motifs is 1. The molecule has 0 bridgehead atoms. The monoisotopic (exact) mass is 429 g/mol. The number of carbonyl (C=O) groups is 1. The zero-order valence-electron chi connectivity index (χ0n) is 16.5. The highest BCUT2D eigenvalue weighted by Crippen LogP contribution is 2.41. The molecule has 1 aliphatic carbocycles. The number of sulfone groups is 1. The van der Waals surface area contributed by atoms with Gasteiger partial charge in [0.05, 0.1) is 4.90 Å². The van der Waals surface area contributed by atoms with E-state index in [1.165, 1.54) is 6.07 Å². The summed E-state index contributed by atoms with van der Waals surface area (Å²) in [5.74, 6) is -0.0201. The van der Waals surface area contributed by atoms with Crippen molar-refractivity contribution < 1.29 is 18.3 Å². The Bertz CT molecular complexity index is 1190. The van der Waals surface area contributed by atoms with Crippen LogP contribution >= 0.6 is 11.3 Å². The van der Waals surface area contributed by atoms with Crippen molar-refractivity contribution in [2.45, 2.75) is 48.8 Å². The van der Waals surface area contributed by atoms with E-state index in [-0.39, 0.29) is 25.9 Å². The van der Waals surface area contributed by atoms with Gasteiger partial charge in [0, 0.05) is 34.5 Å². The van der Waals surface area contributed by atoms with Gasteiger partial charge in [-0.3, -0.25) is 4.79 Å². The van der Waals surface area contributed by atoms with Crippen molar-refractivity contribution in [2.75, 3.05) is 0 Å². The van der Waals surface area contributed by atoms with E-state index >= 15 is 0 Å². The molecule has 5 nitrogen and oxygen atoms in total. The zero-order valence-corrected chi connectivity index (χ0v) is 18.2. The van der Waals surface area contributed by atoms with Gasteiger partial charge in [0.25, 0.3) is 0 Å². The number of aromatic nitrogens is 1. The maximum atomic E-state index is 13.1. The van der Waals surface area contributed by atoms with Crippen molar-refractivity contribution in [1.82, 2.24) is 4.98 Å². The molecule has 2 heterocycles. The van der Waals surface area contributed by atoms with Crippen molar-refractivity contribution in [1.29, 1.82) is 0 Å². The van der Waals surface area contributed by atoms with Gasteiger partial charge in [-0.1, -0.05) is 38.1 Å². The first kappa shape index (κ1) is 20.1. The lowest BCUT2D eigenvalue weighted by Crippen LogP contribution is -2.27. The molecule has 0 fully saturated rings. The fourth-order valence-corrected chi connectivity index (χ4v) is 6.81. The molecule has 2 N–H and O–H groups in total. The number of hydrogen-bond donors (Lipinski definition) is 2. The molecular weight excluding hydrogens is 406 g/mol. The van der Waals surface area contributed by atoms with Crippen molar-refractivity contribution in [3.05, 3.63) is 69.9 Å².